The van der Waals surface area contributed by atoms with E-state index in [0.29, 0.717) is 5.82 Å². The summed E-state index contributed by atoms with van der Waals surface area (Å²) in [4.78, 5) is 19.8. The Labute approximate surface area is 110 Å². The monoisotopic (exact) mass is 257 g/mol. The number of aromatic nitrogens is 3. The molecule has 0 saturated carbocycles. The van der Waals surface area contributed by atoms with E-state index in [2.05, 4.69) is 16.9 Å². The number of hydrogen-bond acceptors (Lipinski definition) is 3. The second kappa shape index (κ2) is 4.50. The van der Waals surface area contributed by atoms with Crippen molar-refractivity contribution in [3.05, 3.63) is 35.9 Å². The number of hydrogen-bond donors (Lipinski definition) is 1. The van der Waals surface area contributed by atoms with Crippen LogP contribution in [0, 0.1) is 0 Å². The minimum absolute atomic E-state index is 0.186. The first-order valence-corrected chi connectivity index (χ1v) is 6.42. The Balaban J connectivity index is 2.22. The van der Waals surface area contributed by atoms with Crippen LogP contribution in [0.15, 0.2) is 24.5 Å². The SMILES string of the molecule is CC1CCCn2c(-c3cccnc3)nc(C(=O)O)c21. The molecule has 0 fully saturated rings. The Kier molecular flexibility index (Phi) is 2.81. The van der Waals surface area contributed by atoms with Crippen LogP contribution in [0.25, 0.3) is 11.4 Å². The Morgan fingerprint density at radius 2 is 2.37 bits per heavy atom. The lowest BCUT2D eigenvalue weighted by molar-refractivity contribution is 0.0688. The second-order valence-corrected chi connectivity index (χ2v) is 4.91. The van der Waals surface area contributed by atoms with Gasteiger partial charge in [0.15, 0.2) is 5.69 Å². The van der Waals surface area contributed by atoms with E-state index in [1.54, 1.807) is 12.4 Å². The highest BCUT2D eigenvalue weighted by molar-refractivity contribution is 5.88. The van der Waals surface area contributed by atoms with Gasteiger partial charge in [0.25, 0.3) is 0 Å². The van der Waals surface area contributed by atoms with Crippen molar-refractivity contribution >= 4 is 5.97 Å². The third-order valence-electron chi connectivity index (χ3n) is 3.61. The van der Waals surface area contributed by atoms with E-state index in [4.69, 9.17) is 0 Å². The normalized spacial score (nSPS) is 18.1. The van der Waals surface area contributed by atoms with Crippen molar-refractivity contribution in [3.8, 4) is 11.4 Å². The molecule has 0 bridgehead atoms. The predicted octanol–water partition coefficient (Wildman–Crippen LogP) is 2.54. The molecule has 0 amide bonds. The first kappa shape index (κ1) is 11.9. The van der Waals surface area contributed by atoms with Gasteiger partial charge in [-0.15, -0.1) is 0 Å². The first-order chi connectivity index (χ1) is 9.18. The molecule has 1 N–H and O–H groups in total. The summed E-state index contributed by atoms with van der Waals surface area (Å²) in [5.41, 5.74) is 1.90. The number of imidazole rings is 1. The molecule has 1 atom stereocenters. The second-order valence-electron chi connectivity index (χ2n) is 4.91. The predicted molar refractivity (Wildman–Crippen MR) is 70.1 cm³/mol. The number of rotatable bonds is 2. The fraction of sp³-hybridized carbons (Fsp3) is 0.357. The van der Waals surface area contributed by atoms with Gasteiger partial charge in [-0.1, -0.05) is 6.92 Å². The summed E-state index contributed by atoms with van der Waals surface area (Å²) >= 11 is 0. The molecule has 19 heavy (non-hydrogen) atoms. The number of carboxylic acids is 1. The van der Waals surface area contributed by atoms with Gasteiger partial charge in [0, 0.05) is 24.5 Å². The average Bonchev–Trinajstić information content (AvgIpc) is 2.81. The third-order valence-corrected chi connectivity index (χ3v) is 3.61. The average molecular weight is 257 g/mol. The molecule has 0 radical (unpaired) electrons. The van der Waals surface area contributed by atoms with Gasteiger partial charge in [0.2, 0.25) is 0 Å². The van der Waals surface area contributed by atoms with Gasteiger partial charge >= 0.3 is 5.97 Å². The van der Waals surface area contributed by atoms with Crippen LogP contribution in [0.5, 0.6) is 0 Å². The maximum Gasteiger partial charge on any atom is 0.356 e. The summed E-state index contributed by atoms with van der Waals surface area (Å²) in [6.07, 6.45) is 5.49. The zero-order valence-corrected chi connectivity index (χ0v) is 10.7. The fourth-order valence-electron chi connectivity index (χ4n) is 2.76. The summed E-state index contributed by atoms with van der Waals surface area (Å²) < 4.78 is 2.04. The number of aromatic carboxylic acids is 1. The van der Waals surface area contributed by atoms with Crippen molar-refractivity contribution in [1.82, 2.24) is 14.5 Å². The largest absolute Gasteiger partial charge is 0.476 e. The van der Waals surface area contributed by atoms with Crippen molar-refractivity contribution in [2.24, 2.45) is 0 Å². The van der Waals surface area contributed by atoms with Crippen molar-refractivity contribution in [2.45, 2.75) is 32.2 Å². The molecule has 5 nitrogen and oxygen atoms in total. The minimum atomic E-state index is -0.951. The molecule has 98 valence electrons. The highest BCUT2D eigenvalue weighted by Crippen LogP contribution is 2.33. The van der Waals surface area contributed by atoms with E-state index in [-0.39, 0.29) is 11.6 Å². The molecule has 1 unspecified atom stereocenters. The summed E-state index contributed by atoms with van der Waals surface area (Å²) in [6.45, 7) is 2.89. The van der Waals surface area contributed by atoms with Gasteiger partial charge in [0.1, 0.15) is 5.82 Å². The Morgan fingerprint density at radius 1 is 1.53 bits per heavy atom. The molecule has 3 heterocycles. The smallest absolute Gasteiger partial charge is 0.356 e. The van der Waals surface area contributed by atoms with Crippen LogP contribution in [0.1, 0.15) is 41.9 Å². The lowest BCUT2D eigenvalue weighted by atomic mass is 9.96. The highest BCUT2D eigenvalue weighted by atomic mass is 16.4. The van der Waals surface area contributed by atoms with E-state index in [9.17, 15) is 9.90 Å². The fourth-order valence-corrected chi connectivity index (χ4v) is 2.76. The van der Waals surface area contributed by atoms with Gasteiger partial charge in [-0.3, -0.25) is 4.98 Å². The van der Waals surface area contributed by atoms with Gasteiger partial charge in [-0.05, 0) is 30.9 Å². The van der Waals surface area contributed by atoms with Crippen LogP contribution in [0.3, 0.4) is 0 Å². The molecule has 1 aliphatic rings. The van der Waals surface area contributed by atoms with E-state index in [1.165, 1.54) is 0 Å². The summed E-state index contributed by atoms with van der Waals surface area (Å²) in [6, 6.07) is 3.75. The molecular weight excluding hydrogens is 242 g/mol. The van der Waals surface area contributed by atoms with Crippen molar-refractivity contribution < 1.29 is 9.90 Å². The number of pyridine rings is 1. The quantitative estimate of drug-likeness (QED) is 0.897. The third kappa shape index (κ3) is 1.91. The van der Waals surface area contributed by atoms with Crippen molar-refractivity contribution in [1.29, 1.82) is 0 Å². The van der Waals surface area contributed by atoms with Crippen LogP contribution in [0.4, 0.5) is 0 Å². The summed E-state index contributed by atoms with van der Waals surface area (Å²) in [5, 5.41) is 9.33. The standard InChI is InChI=1S/C14H15N3O2/c1-9-4-3-7-17-12(9)11(14(18)19)16-13(17)10-5-2-6-15-8-10/h2,5-6,8-9H,3-4,7H2,1H3,(H,18,19). The van der Waals surface area contributed by atoms with E-state index in [0.717, 1.165) is 30.6 Å². The van der Waals surface area contributed by atoms with Crippen molar-refractivity contribution in [3.63, 3.8) is 0 Å². The van der Waals surface area contributed by atoms with Crippen LogP contribution in [0.2, 0.25) is 0 Å². The zero-order chi connectivity index (χ0) is 13.4. The summed E-state index contributed by atoms with van der Waals surface area (Å²) in [5.74, 6) is -0.00235. The molecular formula is C14H15N3O2. The van der Waals surface area contributed by atoms with Gasteiger partial charge in [0.05, 0.1) is 5.69 Å². The van der Waals surface area contributed by atoms with Gasteiger partial charge in [-0.25, -0.2) is 9.78 Å². The molecule has 0 aliphatic carbocycles. The maximum atomic E-state index is 11.4. The maximum absolute atomic E-state index is 11.4. The van der Waals surface area contributed by atoms with Gasteiger partial charge < -0.3 is 9.67 Å². The lowest BCUT2D eigenvalue weighted by Gasteiger charge is -2.22. The van der Waals surface area contributed by atoms with Crippen LogP contribution >= 0.6 is 0 Å². The van der Waals surface area contributed by atoms with E-state index >= 15 is 0 Å². The minimum Gasteiger partial charge on any atom is -0.476 e. The topological polar surface area (TPSA) is 68.0 Å². The number of carbonyl (C=O) groups is 1. The number of fused-ring (bicyclic) bond motifs is 1. The summed E-state index contributed by atoms with van der Waals surface area (Å²) in [7, 11) is 0. The highest BCUT2D eigenvalue weighted by Gasteiger charge is 2.28. The van der Waals surface area contributed by atoms with E-state index < -0.39 is 5.97 Å². The Bertz CT molecular complexity index is 619. The molecule has 0 aromatic carbocycles. The lowest BCUT2D eigenvalue weighted by Crippen LogP contribution is -2.16. The number of nitrogens with zero attached hydrogens (tertiary/aromatic N) is 3. The molecule has 1 aliphatic heterocycles. The van der Waals surface area contributed by atoms with E-state index in [1.807, 2.05) is 16.7 Å². The molecule has 2 aromatic heterocycles. The molecule has 0 spiro atoms. The molecule has 0 saturated heterocycles. The Morgan fingerprint density at radius 3 is 3.05 bits per heavy atom. The first-order valence-electron chi connectivity index (χ1n) is 6.42. The molecule has 2 aromatic rings. The van der Waals surface area contributed by atoms with Crippen molar-refractivity contribution in [2.75, 3.05) is 0 Å². The molecule has 3 rings (SSSR count). The molecule has 5 heteroatoms. The van der Waals surface area contributed by atoms with Gasteiger partial charge in [-0.2, -0.15) is 0 Å². The van der Waals surface area contributed by atoms with Crippen LogP contribution in [-0.2, 0) is 6.54 Å². The van der Waals surface area contributed by atoms with Crippen LogP contribution < -0.4 is 0 Å². The number of carboxylic acid groups (broad SMARTS) is 1. The van der Waals surface area contributed by atoms with Crippen LogP contribution in [-0.4, -0.2) is 25.6 Å². The zero-order valence-electron chi connectivity index (χ0n) is 10.7. The Hall–Kier alpha value is -2.17.